The Kier molecular flexibility index (Phi) is 4.90. The fraction of sp³-hybridized carbons (Fsp3) is 0.304. The van der Waals surface area contributed by atoms with E-state index in [9.17, 15) is 9.59 Å². The molecule has 2 aromatic carbocycles. The molecule has 2 amide bonds. The molecular formula is C23H24N2O3. The Hall–Kier alpha value is -3.08. The van der Waals surface area contributed by atoms with Gasteiger partial charge in [-0.3, -0.25) is 9.59 Å². The number of rotatable bonds is 3. The first-order chi connectivity index (χ1) is 13.6. The van der Waals surface area contributed by atoms with Crippen molar-refractivity contribution < 1.29 is 14.3 Å². The molecule has 4 rings (SSSR count). The number of methoxy groups -OCH3 is 1. The third kappa shape index (κ3) is 3.28. The second-order valence-corrected chi connectivity index (χ2v) is 7.27. The quantitative estimate of drug-likeness (QED) is 0.774. The highest BCUT2D eigenvalue weighted by Crippen LogP contribution is 2.29. The van der Waals surface area contributed by atoms with E-state index in [0.717, 1.165) is 29.7 Å². The molecule has 0 aliphatic carbocycles. The van der Waals surface area contributed by atoms with Crippen LogP contribution < -0.4 is 4.74 Å². The SMILES string of the molecule is C=CC(=O)N1CCc2ccc(C(=O)N3CCc4c(cccc4OC)C3)cc2C1. The predicted octanol–water partition coefficient (Wildman–Crippen LogP) is 2.96. The number of hydrogen-bond donors (Lipinski definition) is 0. The molecule has 0 fully saturated rings. The summed E-state index contributed by atoms with van der Waals surface area (Å²) in [6.45, 7) is 6.05. The molecule has 2 aliphatic heterocycles. The van der Waals surface area contributed by atoms with E-state index in [4.69, 9.17) is 4.74 Å². The highest BCUT2D eigenvalue weighted by molar-refractivity contribution is 5.95. The Morgan fingerprint density at radius 1 is 1.00 bits per heavy atom. The van der Waals surface area contributed by atoms with Crippen molar-refractivity contribution in [3.63, 3.8) is 0 Å². The lowest BCUT2D eigenvalue weighted by atomic mass is 9.95. The maximum Gasteiger partial charge on any atom is 0.254 e. The van der Waals surface area contributed by atoms with Gasteiger partial charge >= 0.3 is 0 Å². The van der Waals surface area contributed by atoms with Crippen LogP contribution in [-0.2, 0) is 30.7 Å². The number of amides is 2. The molecule has 0 N–H and O–H groups in total. The van der Waals surface area contributed by atoms with Gasteiger partial charge in [-0.05, 0) is 53.8 Å². The zero-order valence-electron chi connectivity index (χ0n) is 16.1. The predicted molar refractivity (Wildman–Crippen MR) is 107 cm³/mol. The standard InChI is InChI=1S/C23H24N2O3/c1-3-22(26)24-11-9-16-7-8-17(13-19(16)15-24)23(27)25-12-10-20-18(14-25)5-4-6-21(20)28-2/h3-8,13H,1,9-12,14-15H2,2H3. The number of carbonyl (C=O) groups excluding carboxylic acids is 2. The van der Waals surface area contributed by atoms with Crippen LogP contribution in [0.1, 0.15) is 32.6 Å². The van der Waals surface area contributed by atoms with Gasteiger partial charge in [-0.15, -0.1) is 0 Å². The van der Waals surface area contributed by atoms with Crippen molar-refractivity contribution in [2.75, 3.05) is 20.2 Å². The fourth-order valence-corrected chi connectivity index (χ4v) is 4.13. The summed E-state index contributed by atoms with van der Waals surface area (Å²) in [5.74, 6) is 0.859. The molecule has 0 saturated carbocycles. The largest absolute Gasteiger partial charge is 0.496 e. The Balaban J connectivity index is 1.55. The molecule has 0 spiro atoms. The van der Waals surface area contributed by atoms with Crippen molar-refractivity contribution in [3.05, 3.63) is 76.9 Å². The maximum absolute atomic E-state index is 13.1. The topological polar surface area (TPSA) is 49.9 Å². The lowest BCUT2D eigenvalue weighted by Crippen LogP contribution is -2.37. The first kappa shape index (κ1) is 18.3. The second-order valence-electron chi connectivity index (χ2n) is 7.27. The molecule has 2 heterocycles. The summed E-state index contributed by atoms with van der Waals surface area (Å²) in [5.41, 5.74) is 5.26. The van der Waals surface area contributed by atoms with E-state index in [2.05, 4.69) is 12.6 Å². The molecule has 2 aromatic rings. The van der Waals surface area contributed by atoms with Gasteiger partial charge in [-0.1, -0.05) is 24.8 Å². The summed E-state index contributed by atoms with van der Waals surface area (Å²) < 4.78 is 5.45. The number of benzene rings is 2. The summed E-state index contributed by atoms with van der Waals surface area (Å²) in [6, 6.07) is 11.9. The average molecular weight is 376 g/mol. The van der Waals surface area contributed by atoms with Crippen LogP contribution in [0.3, 0.4) is 0 Å². The summed E-state index contributed by atoms with van der Waals surface area (Å²) in [4.78, 5) is 28.7. The monoisotopic (exact) mass is 376 g/mol. The Labute approximate surface area is 165 Å². The second kappa shape index (κ2) is 7.50. The van der Waals surface area contributed by atoms with Crippen molar-refractivity contribution in [2.24, 2.45) is 0 Å². The van der Waals surface area contributed by atoms with Crippen LogP contribution in [0.4, 0.5) is 0 Å². The summed E-state index contributed by atoms with van der Waals surface area (Å²) in [7, 11) is 1.68. The van der Waals surface area contributed by atoms with Gasteiger partial charge in [0.2, 0.25) is 5.91 Å². The van der Waals surface area contributed by atoms with E-state index >= 15 is 0 Å². The van der Waals surface area contributed by atoms with Gasteiger partial charge in [0.15, 0.2) is 0 Å². The van der Waals surface area contributed by atoms with Crippen molar-refractivity contribution in [1.29, 1.82) is 0 Å². The zero-order valence-corrected chi connectivity index (χ0v) is 16.1. The van der Waals surface area contributed by atoms with Crippen LogP contribution in [0.25, 0.3) is 0 Å². The summed E-state index contributed by atoms with van der Waals surface area (Å²) >= 11 is 0. The van der Waals surface area contributed by atoms with Crippen molar-refractivity contribution >= 4 is 11.8 Å². The lowest BCUT2D eigenvalue weighted by molar-refractivity contribution is -0.126. The zero-order chi connectivity index (χ0) is 19.7. The molecule has 0 bridgehead atoms. The number of carbonyl (C=O) groups is 2. The minimum absolute atomic E-state index is 0.0310. The van der Waals surface area contributed by atoms with Crippen LogP contribution in [0.15, 0.2) is 49.1 Å². The average Bonchev–Trinajstić information content (AvgIpc) is 2.76. The Morgan fingerprint density at radius 3 is 2.57 bits per heavy atom. The number of hydrogen-bond acceptors (Lipinski definition) is 3. The minimum Gasteiger partial charge on any atom is -0.496 e. The van der Waals surface area contributed by atoms with Gasteiger partial charge in [-0.2, -0.15) is 0 Å². The van der Waals surface area contributed by atoms with Crippen molar-refractivity contribution in [2.45, 2.75) is 25.9 Å². The molecule has 28 heavy (non-hydrogen) atoms. The van der Waals surface area contributed by atoms with Gasteiger partial charge in [-0.25, -0.2) is 0 Å². The van der Waals surface area contributed by atoms with E-state index in [-0.39, 0.29) is 11.8 Å². The van der Waals surface area contributed by atoms with Gasteiger partial charge in [0.25, 0.3) is 5.91 Å². The van der Waals surface area contributed by atoms with E-state index in [1.54, 1.807) is 12.0 Å². The number of nitrogens with zero attached hydrogens (tertiary/aromatic N) is 2. The molecule has 2 aliphatic rings. The van der Waals surface area contributed by atoms with Gasteiger partial charge in [0.05, 0.1) is 7.11 Å². The third-order valence-corrected chi connectivity index (χ3v) is 5.68. The number of fused-ring (bicyclic) bond motifs is 2. The normalized spacial score (nSPS) is 15.5. The molecule has 0 radical (unpaired) electrons. The van der Waals surface area contributed by atoms with Crippen LogP contribution in [0.2, 0.25) is 0 Å². The third-order valence-electron chi connectivity index (χ3n) is 5.68. The highest BCUT2D eigenvalue weighted by Gasteiger charge is 2.25. The molecule has 144 valence electrons. The van der Waals surface area contributed by atoms with E-state index < -0.39 is 0 Å². The van der Waals surface area contributed by atoms with Gasteiger partial charge in [0.1, 0.15) is 5.75 Å². The first-order valence-corrected chi connectivity index (χ1v) is 9.58. The molecule has 0 saturated heterocycles. The van der Waals surface area contributed by atoms with Crippen molar-refractivity contribution in [3.8, 4) is 5.75 Å². The van der Waals surface area contributed by atoms with Gasteiger partial charge in [0, 0.05) is 37.3 Å². The molecule has 5 nitrogen and oxygen atoms in total. The van der Waals surface area contributed by atoms with Crippen LogP contribution in [-0.4, -0.2) is 41.8 Å². The van der Waals surface area contributed by atoms with E-state index in [1.165, 1.54) is 17.2 Å². The molecular weight excluding hydrogens is 352 g/mol. The fourth-order valence-electron chi connectivity index (χ4n) is 4.13. The van der Waals surface area contributed by atoms with E-state index in [1.807, 2.05) is 35.2 Å². The Bertz CT molecular complexity index is 951. The highest BCUT2D eigenvalue weighted by atomic mass is 16.5. The van der Waals surface area contributed by atoms with Gasteiger partial charge < -0.3 is 14.5 Å². The Morgan fingerprint density at radius 2 is 1.79 bits per heavy atom. The lowest BCUT2D eigenvalue weighted by Gasteiger charge is -2.31. The number of ether oxygens (including phenoxy) is 1. The summed E-state index contributed by atoms with van der Waals surface area (Å²) in [5, 5.41) is 0. The van der Waals surface area contributed by atoms with Crippen LogP contribution in [0.5, 0.6) is 5.75 Å². The molecule has 0 atom stereocenters. The minimum atomic E-state index is -0.0658. The maximum atomic E-state index is 13.1. The molecule has 0 unspecified atom stereocenters. The van der Waals surface area contributed by atoms with E-state index in [0.29, 0.717) is 31.7 Å². The van der Waals surface area contributed by atoms with Crippen LogP contribution in [0, 0.1) is 0 Å². The molecule has 5 heteroatoms. The first-order valence-electron chi connectivity index (χ1n) is 9.58. The smallest absolute Gasteiger partial charge is 0.254 e. The van der Waals surface area contributed by atoms with Crippen molar-refractivity contribution in [1.82, 2.24) is 9.80 Å². The molecule has 0 aromatic heterocycles. The summed E-state index contributed by atoms with van der Waals surface area (Å²) in [6.07, 6.45) is 2.94. The van der Waals surface area contributed by atoms with Crippen LogP contribution >= 0.6 is 0 Å².